The monoisotopic (exact) mass is 273 g/mol. The van der Waals surface area contributed by atoms with Crippen LogP contribution in [0, 0.1) is 0 Å². The highest BCUT2D eigenvalue weighted by molar-refractivity contribution is 5.75. The third-order valence-corrected chi connectivity index (χ3v) is 2.17. The van der Waals surface area contributed by atoms with Crippen molar-refractivity contribution in [1.82, 2.24) is 16.0 Å². The van der Waals surface area contributed by atoms with Gasteiger partial charge in [0.2, 0.25) is 5.91 Å². The van der Waals surface area contributed by atoms with E-state index in [1.807, 2.05) is 34.6 Å². The molecule has 2 amide bonds. The van der Waals surface area contributed by atoms with Gasteiger partial charge in [-0.3, -0.25) is 4.79 Å². The largest absolute Gasteiger partial charge is 0.444 e. The van der Waals surface area contributed by atoms with Gasteiger partial charge in [0, 0.05) is 32.1 Å². The number of rotatable bonds is 7. The van der Waals surface area contributed by atoms with Gasteiger partial charge in [0.1, 0.15) is 5.60 Å². The van der Waals surface area contributed by atoms with Crippen LogP contribution in [0.5, 0.6) is 0 Å². The van der Waals surface area contributed by atoms with Crippen LogP contribution in [0.1, 0.15) is 41.0 Å². The van der Waals surface area contributed by atoms with Gasteiger partial charge >= 0.3 is 6.09 Å². The number of carbonyl (C=O) groups is 2. The van der Waals surface area contributed by atoms with Gasteiger partial charge in [-0.2, -0.15) is 0 Å². The van der Waals surface area contributed by atoms with E-state index in [1.54, 1.807) is 0 Å². The first-order valence-electron chi connectivity index (χ1n) is 6.71. The molecule has 0 heterocycles. The Morgan fingerprint density at radius 2 is 1.84 bits per heavy atom. The molecule has 0 radical (unpaired) electrons. The molecule has 3 N–H and O–H groups in total. The first-order valence-corrected chi connectivity index (χ1v) is 6.71. The van der Waals surface area contributed by atoms with Crippen LogP contribution in [0.3, 0.4) is 0 Å². The second-order valence-electron chi connectivity index (χ2n) is 5.44. The summed E-state index contributed by atoms with van der Waals surface area (Å²) < 4.78 is 5.12. The predicted molar refractivity (Wildman–Crippen MR) is 75.0 cm³/mol. The van der Waals surface area contributed by atoms with Crippen LogP contribution in [0.2, 0.25) is 0 Å². The van der Waals surface area contributed by atoms with E-state index in [0.29, 0.717) is 26.1 Å². The predicted octanol–water partition coefficient (Wildman–Crippen LogP) is 1.02. The summed E-state index contributed by atoms with van der Waals surface area (Å²) in [4.78, 5) is 22.6. The van der Waals surface area contributed by atoms with Gasteiger partial charge in [0.15, 0.2) is 0 Å². The third-order valence-electron chi connectivity index (χ3n) is 2.17. The second kappa shape index (κ2) is 8.74. The molecule has 0 aromatic heterocycles. The Morgan fingerprint density at radius 3 is 2.37 bits per heavy atom. The van der Waals surface area contributed by atoms with Crippen molar-refractivity contribution in [2.45, 2.75) is 52.7 Å². The molecule has 6 heteroatoms. The van der Waals surface area contributed by atoms with Crippen LogP contribution in [-0.4, -0.2) is 43.3 Å². The molecular formula is C13H27N3O3. The number of amides is 2. The van der Waals surface area contributed by atoms with Crippen LogP contribution in [-0.2, 0) is 9.53 Å². The average molecular weight is 273 g/mol. The third kappa shape index (κ3) is 11.5. The van der Waals surface area contributed by atoms with Crippen molar-refractivity contribution in [3.8, 4) is 0 Å². The maximum Gasteiger partial charge on any atom is 0.407 e. The number of ether oxygens (including phenoxy) is 1. The summed E-state index contributed by atoms with van der Waals surface area (Å²) in [6.07, 6.45) is 0.00910. The zero-order valence-corrected chi connectivity index (χ0v) is 12.6. The molecule has 0 aromatic rings. The molecule has 0 bridgehead atoms. The van der Waals surface area contributed by atoms with Gasteiger partial charge in [-0.1, -0.05) is 0 Å². The fourth-order valence-electron chi connectivity index (χ4n) is 1.34. The average Bonchev–Trinajstić information content (AvgIpc) is 2.24. The smallest absolute Gasteiger partial charge is 0.407 e. The van der Waals surface area contributed by atoms with Crippen LogP contribution in [0.4, 0.5) is 4.79 Å². The van der Waals surface area contributed by atoms with E-state index in [4.69, 9.17) is 4.74 Å². The second-order valence-corrected chi connectivity index (χ2v) is 5.44. The molecule has 0 aromatic carbocycles. The molecule has 0 saturated heterocycles. The lowest BCUT2D eigenvalue weighted by atomic mass is 10.2. The molecule has 0 spiro atoms. The van der Waals surface area contributed by atoms with Crippen molar-refractivity contribution in [3.05, 3.63) is 0 Å². The standard InChI is InChI=1S/C13H27N3O3/c1-6-14-11(17)7-8-15-10(2)9-16-12(18)19-13(3,4)5/h10,15H,6-9H2,1-5H3,(H,14,17)(H,16,18). The van der Waals surface area contributed by atoms with Crippen LogP contribution in [0.25, 0.3) is 0 Å². The molecular weight excluding hydrogens is 246 g/mol. The molecule has 112 valence electrons. The molecule has 1 unspecified atom stereocenters. The van der Waals surface area contributed by atoms with Gasteiger partial charge in [-0.25, -0.2) is 4.79 Å². The zero-order chi connectivity index (χ0) is 14.9. The maximum atomic E-state index is 11.4. The molecule has 1 atom stereocenters. The highest BCUT2D eigenvalue weighted by Crippen LogP contribution is 2.06. The SMILES string of the molecule is CCNC(=O)CCNC(C)CNC(=O)OC(C)(C)C. The van der Waals surface area contributed by atoms with Crippen molar-refractivity contribution in [3.63, 3.8) is 0 Å². The van der Waals surface area contributed by atoms with E-state index >= 15 is 0 Å². The number of hydrogen-bond acceptors (Lipinski definition) is 4. The van der Waals surface area contributed by atoms with Crippen LogP contribution < -0.4 is 16.0 Å². The molecule has 0 aliphatic carbocycles. The summed E-state index contributed by atoms with van der Waals surface area (Å²) in [5, 5.41) is 8.56. The Morgan fingerprint density at radius 1 is 1.21 bits per heavy atom. The Kier molecular flexibility index (Phi) is 8.14. The summed E-state index contributed by atoms with van der Waals surface area (Å²) in [6, 6.07) is 0.0851. The first-order chi connectivity index (χ1) is 8.74. The highest BCUT2D eigenvalue weighted by Gasteiger charge is 2.16. The molecule has 19 heavy (non-hydrogen) atoms. The van der Waals surface area contributed by atoms with E-state index in [-0.39, 0.29) is 11.9 Å². The van der Waals surface area contributed by atoms with Gasteiger partial charge in [-0.15, -0.1) is 0 Å². The topological polar surface area (TPSA) is 79.5 Å². The van der Waals surface area contributed by atoms with E-state index in [1.165, 1.54) is 0 Å². The summed E-state index contributed by atoms with van der Waals surface area (Å²) in [5.41, 5.74) is -0.487. The van der Waals surface area contributed by atoms with Gasteiger partial charge in [0.05, 0.1) is 0 Å². The van der Waals surface area contributed by atoms with Crippen molar-refractivity contribution in [1.29, 1.82) is 0 Å². The minimum Gasteiger partial charge on any atom is -0.444 e. The van der Waals surface area contributed by atoms with E-state index < -0.39 is 11.7 Å². The maximum absolute atomic E-state index is 11.4. The Hall–Kier alpha value is -1.30. The Bertz CT molecular complexity index is 287. The van der Waals surface area contributed by atoms with Gasteiger partial charge in [0.25, 0.3) is 0 Å². The number of carbonyl (C=O) groups excluding carboxylic acids is 2. The molecule has 0 aliphatic rings. The number of hydrogen-bond donors (Lipinski definition) is 3. The summed E-state index contributed by atoms with van der Waals surface area (Å²) in [7, 11) is 0. The van der Waals surface area contributed by atoms with Crippen LogP contribution in [0.15, 0.2) is 0 Å². The van der Waals surface area contributed by atoms with Crippen molar-refractivity contribution in [2.75, 3.05) is 19.6 Å². The summed E-state index contributed by atoms with van der Waals surface area (Å²) >= 11 is 0. The Labute approximate surface area is 115 Å². The molecule has 0 fully saturated rings. The lowest BCUT2D eigenvalue weighted by Gasteiger charge is -2.21. The van der Waals surface area contributed by atoms with E-state index in [0.717, 1.165) is 0 Å². The molecule has 6 nitrogen and oxygen atoms in total. The fraction of sp³-hybridized carbons (Fsp3) is 0.846. The molecule has 0 rings (SSSR count). The number of nitrogens with one attached hydrogen (secondary N) is 3. The summed E-state index contributed by atoms with van der Waals surface area (Å²) in [6.45, 7) is 11.0. The van der Waals surface area contributed by atoms with Crippen LogP contribution >= 0.6 is 0 Å². The summed E-state index contributed by atoms with van der Waals surface area (Å²) in [5.74, 6) is 0.0299. The first kappa shape index (κ1) is 17.7. The van der Waals surface area contributed by atoms with E-state index in [9.17, 15) is 9.59 Å². The van der Waals surface area contributed by atoms with Gasteiger partial charge < -0.3 is 20.7 Å². The van der Waals surface area contributed by atoms with Crippen molar-refractivity contribution in [2.24, 2.45) is 0 Å². The molecule has 0 aliphatic heterocycles. The molecule has 0 saturated carbocycles. The number of alkyl carbamates (subject to hydrolysis) is 1. The Balaban J connectivity index is 3.67. The van der Waals surface area contributed by atoms with E-state index in [2.05, 4.69) is 16.0 Å². The van der Waals surface area contributed by atoms with Gasteiger partial charge in [-0.05, 0) is 34.6 Å². The minimum atomic E-state index is -0.487. The quantitative estimate of drug-likeness (QED) is 0.647. The fourth-order valence-corrected chi connectivity index (χ4v) is 1.34. The highest BCUT2D eigenvalue weighted by atomic mass is 16.6. The normalized spacial score (nSPS) is 12.7. The lowest BCUT2D eigenvalue weighted by Crippen LogP contribution is -2.42. The minimum absolute atomic E-state index is 0.0299. The lowest BCUT2D eigenvalue weighted by molar-refractivity contribution is -0.120. The van der Waals surface area contributed by atoms with Crippen molar-refractivity contribution >= 4 is 12.0 Å². The van der Waals surface area contributed by atoms with Crippen molar-refractivity contribution < 1.29 is 14.3 Å². The zero-order valence-electron chi connectivity index (χ0n) is 12.6.